The number of benzene rings is 1. The first-order valence-corrected chi connectivity index (χ1v) is 9.46. The van der Waals surface area contributed by atoms with Gasteiger partial charge in [0.15, 0.2) is 5.96 Å². The van der Waals surface area contributed by atoms with E-state index in [1.165, 1.54) is 10.5 Å². The molecule has 1 heterocycles. The lowest BCUT2D eigenvalue weighted by Gasteiger charge is -2.25. The molecule has 2 unspecified atom stereocenters. The van der Waals surface area contributed by atoms with Crippen molar-refractivity contribution in [1.82, 2.24) is 15.5 Å². The van der Waals surface area contributed by atoms with Crippen molar-refractivity contribution in [2.75, 3.05) is 19.6 Å². The minimum absolute atomic E-state index is 0. The second kappa shape index (κ2) is 11.9. The van der Waals surface area contributed by atoms with E-state index < -0.39 is 0 Å². The van der Waals surface area contributed by atoms with Crippen LogP contribution in [-0.2, 0) is 9.59 Å². The molecule has 27 heavy (non-hydrogen) atoms. The molecule has 6 nitrogen and oxygen atoms in total. The Morgan fingerprint density at radius 2 is 1.78 bits per heavy atom. The predicted molar refractivity (Wildman–Crippen MR) is 119 cm³/mol. The smallest absolute Gasteiger partial charge is 0.229 e. The van der Waals surface area contributed by atoms with Gasteiger partial charge in [-0.2, -0.15) is 0 Å². The van der Waals surface area contributed by atoms with Crippen LogP contribution in [-0.4, -0.2) is 48.3 Å². The molecule has 2 atom stereocenters. The number of piperidine rings is 1. The zero-order valence-electron chi connectivity index (χ0n) is 16.4. The molecule has 7 heteroatoms. The Morgan fingerprint density at radius 3 is 2.37 bits per heavy atom. The predicted octanol–water partition coefficient (Wildman–Crippen LogP) is 2.89. The van der Waals surface area contributed by atoms with E-state index in [1.807, 2.05) is 25.1 Å². The number of amides is 2. The lowest BCUT2D eigenvalue weighted by Crippen LogP contribution is -2.45. The average Bonchev–Trinajstić information content (AvgIpc) is 2.64. The zero-order valence-corrected chi connectivity index (χ0v) is 18.7. The number of likely N-dealkylation sites (tertiary alicyclic amines) is 1. The van der Waals surface area contributed by atoms with Gasteiger partial charge in [-0.05, 0) is 25.8 Å². The summed E-state index contributed by atoms with van der Waals surface area (Å²) in [5.74, 6) is 0.867. The van der Waals surface area contributed by atoms with Crippen LogP contribution in [0.25, 0.3) is 0 Å². The van der Waals surface area contributed by atoms with Crippen molar-refractivity contribution in [1.29, 1.82) is 0 Å². The van der Waals surface area contributed by atoms with Gasteiger partial charge in [0.05, 0.1) is 6.54 Å². The highest BCUT2D eigenvalue weighted by Crippen LogP contribution is 2.18. The van der Waals surface area contributed by atoms with Gasteiger partial charge in [-0.15, -0.1) is 24.0 Å². The van der Waals surface area contributed by atoms with E-state index in [4.69, 9.17) is 0 Å². The van der Waals surface area contributed by atoms with Gasteiger partial charge in [0.2, 0.25) is 11.8 Å². The molecule has 1 fully saturated rings. The third-order valence-corrected chi connectivity index (χ3v) is 4.76. The maximum absolute atomic E-state index is 11.9. The summed E-state index contributed by atoms with van der Waals surface area (Å²) in [5, 5.41) is 6.66. The number of hydrogen-bond acceptors (Lipinski definition) is 3. The molecule has 0 radical (unpaired) electrons. The summed E-state index contributed by atoms with van der Waals surface area (Å²) in [7, 11) is 0. The Hall–Kier alpha value is -1.64. The van der Waals surface area contributed by atoms with E-state index in [0.717, 1.165) is 6.54 Å². The van der Waals surface area contributed by atoms with Gasteiger partial charge < -0.3 is 10.6 Å². The van der Waals surface area contributed by atoms with E-state index in [-0.39, 0.29) is 41.8 Å². The number of nitrogens with one attached hydrogen (secondary N) is 2. The van der Waals surface area contributed by atoms with Crippen LogP contribution >= 0.6 is 24.0 Å². The maximum Gasteiger partial charge on any atom is 0.229 e. The molecule has 0 aromatic heterocycles. The highest BCUT2D eigenvalue weighted by atomic mass is 127. The van der Waals surface area contributed by atoms with Crippen LogP contribution in [0.1, 0.15) is 51.5 Å². The summed E-state index contributed by atoms with van der Waals surface area (Å²) in [6, 6.07) is 10.5. The number of guanidine groups is 1. The normalized spacial score (nSPS) is 17.1. The van der Waals surface area contributed by atoms with Crippen molar-refractivity contribution < 1.29 is 9.59 Å². The Bertz CT molecular complexity index is 620. The molecular weight excluding hydrogens is 455 g/mol. The molecule has 0 bridgehead atoms. The highest BCUT2D eigenvalue weighted by Gasteiger charge is 2.25. The number of hydrogen-bond donors (Lipinski definition) is 2. The standard InChI is InChI=1S/C20H30N4O2.HI/c1-4-21-20(22-13-14-24-18(25)11-8-12-19(24)26)23-16(3)15(2)17-9-6-5-7-10-17;/h5-7,9-10,15-16H,4,8,11-14H2,1-3H3,(H2,21,22,23);1H. The Morgan fingerprint density at radius 1 is 1.15 bits per heavy atom. The summed E-state index contributed by atoms with van der Waals surface area (Å²) in [4.78, 5) is 29.6. The summed E-state index contributed by atoms with van der Waals surface area (Å²) >= 11 is 0. The van der Waals surface area contributed by atoms with Crippen LogP contribution in [0.3, 0.4) is 0 Å². The van der Waals surface area contributed by atoms with Crippen molar-refractivity contribution in [2.24, 2.45) is 4.99 Å². The summed E-state index contributed by atoms with van der Waals surface area (Å²) in [6.45, 7) is 7.82. The molecule has 0 spiro atoms. The summed E-state index contributed by atoms with van der Waals surface area (Å²) < 4.78 is 0. The fourth-order valence-corrected chi connectivity index (χ4v) is 3.02. The third kappa shape index (κ3) is 7.12. The van der Waals surface area contributed by atoms with Gasteiger partial charge in [-0.3, -0.25) is 19.5 Å². The third-order valence-electron chi connectivity index (χ3n) is 4.76. The first-order valence-electron chi connectivity index (χ1n) is 9.46. The molecule has 1 aromatic rings. The van der Waals surface area contributed by atoms with Crippen LogP contribution < -0.4 is 10.6 Å². The van der Waals surface area contributed by atoms with Crippen LogP contribution in [0.5, 0.6) is 0 Å². The second-order valence-corrected chi connectivity index (χ2v) is 6.69. The van der Waals surface area contributed by atoms with Crippen molar-refractivity contribution in [3.05, 3.63) is 35.9 Å². The molecule has 1 saturated heterocycles. The van der Waals surface area contributed by atoms with Crippen molar-refractivity contribution >= 4 is 41.8 Å². The molecule has 0 saturated carbocycles. The van der Waals surface area contributed by atoms with Crippen molar-refractivity contribution in [3.8, 4) is 0 Å². The number of rotatable bonds is 7. The number of nitrogens with zero attached hydrogens (tertiary/aromatic N) is 2. The lowest BCUT2D eigenvalue weighted by atomic mass is 9.94. The molecule has 1 aliphatic heterocycles. The zero-order chi connectivity index (χ0) is 18.9. The fourth-order valence-electron chi connectivity index (χ4n) is 3.02. The second-order valence-electron chi connectivity index (χ2n) is 6.69. The molecule has 150 valence electrons. The van der Waals surface area contributed by atoms with Crippen molar-refractivity contribution in [2.45, 2.75) is 52.0 Å². The molecule has 1 aromatic carbocycles. The van der Waals surface area contributed by atoms with Gasteiger partial charge in [-0.25, -0.2) is 0 Å². The summed E-state index contributed by atoms with van der Waals surface area (Å²) in [5.41, 5.74) is 1.27. The number of carbonyl (C=O) groups excluding carboxylic acids is 2. The first kappa shape index (κ1) is 23.4. The quantitative estimate of drug-likeness (QED) is 0.269. The van der Waals surface area contributed by atoms with Crippen LogP contribution in [0.4, 0.5) is 0 Å². The van der Waals surface area contributed by atoms with Gasteiger partial charge in [-0.1, -0.05) is 37.3 Å². The largest absolute Gasteiger partial charge is 0.357 e. The molecule has 2 rings (SSSR count). The van der Waals surface area contributed by atoms with Crippen LogP contribution in [0.2, 0.25) is 0 Å². The molecule has 1 aliphatic rings. The minimum Gasteiger partial charge on any atom is -0.357 e. The minimum atomic E-state index is -0.0829. The average molecular weight is 486 g/mol. The fraction of sp³-hybridized carbons (Fsp3) is 0.550. The molecule has 2 N–H and O–H groups in total. The topological polar surface area (TPSA) is 73.8 Å². The lowest BCUT2D eigenvalue weighted by molar-refractivity contribution is -0.147. The maximum atomic E-state index is 11.9. The van der Waals surface area contributed by atoms with E-state index in [2.05, 4.69) is 41.6 Å². The Kier molecular flexibility index (Phi) is 10.4. The van der Waals surface area contributed by atoms with E-state index in [0.29, 0.717) is 44.2 Å². The van der Waals surface area contributed by atoms with E-state index in [1.54, 1.807) is 0 Å². The highest BCUT2D eigenvalue weighted by molar-refractivity contribution is 14.0. The Labute approximate surface area is 179 Å². The summed E-state index contributed by atoms with van der Waals surface area (Å²) in [6.07, 6.45) is 1.58. The molecular formula is C20H31IN4O2. The van der Waals surface area contributed by atoms with E-state index in [9.17, 15) is 9.59 Å². The van der Waals surface area contributed by atoms with Crippen molar-refractivity contribution in [3.63, 3.8) is 0 Å². The molecule has 0 aliphatic carbocycles. The van der Waals surface area contributed by atoms with Gasteiger partial charge in [0.1, 0.15) is 0 Å². The van der Waals surface area contributed by atoms with Crippen LogP contribution in [0, 0.1) is 0 Å². The Balaban J connectivity index is 0.00000364. The first-order chi connectivity index (χ1) is 12.5. The van der Waals surface area contributed by atoms with E-state index >= 15 is 0 Å². The number of carbonyl (C=O) groups is 2. The number of aliphatic imine (C=N–C) groups is 1. The van der Waals surface area contributed by atoms with Gasteiger partial charge >= 0.3 is 0 Å². The van der Waals surface area contributed by atoms with Gasteiger partial charge in [0, 0.05) is 37.9 Å². The number of imide groups is 1. The number of halogens is 1. The van der Waals surface area contributed by atoms with Gasteiger partial charge in [0.25, 0.3) is 0 Å². The SMILES string of the molecule is CCNC(=NCCN1C(=O)CCCC1=O)NC(C)C(C)c1ccccc1.I. The van der Waals surface area contributed by atoms with Crippen LogP contribution in [0.15, 0.2) is 35.3 Å². The molecule has 2 amide bonds. The monoisotopic (exact) mass is 486 g/mol.